The van der Waals surface area contributed by atoms with Crippen LogP contribution in [0.2, 0.25) is 0 Å². The van der Waals surface area contributed by atoms with Gasteiger partial charge in [0, 0.05) is 44.9 Å². The Balaban J connectivity index is 2.05. The van der Waals surface area contributed by atoms with E-state index in [4.69, 9.17) is 18.9 Å². The van der Waals surface area contributed by atoms with E-state index >= 15 is 0 Å². The number of carbonyl (C=O) groups excluding carboxylic acids is 5. The molecule has 4 aliphatic carbocycles. The largest absolute Gasteiger partial charge is 0.462 e. The van der Waals surface area contributed by atoms with Crippen molar-refractivity contribution in [3.8, 4) is 0 Å². The Morgan fingerprint density at radius 2 is 1.35 bits per heavy atom. The Labute approximate surface area is 217 Å². The zero-order valence-electron chi connectivity index (χ0n) is 22.8. The SMILES string of the molecule is C=C1C(=O)C23C(OC(C)=O)C1CC(OC(C)=O)C2[C@@]1(C)C(C[C@H]3OC(C)=O)C(C)(C)CC[C@H]1OC(C)=O. The average molecular weight is 519 g/mol. The van der Waals surface area contributed by atoms with Gasteiger partial charge in [-0.3, -0.25) is 24.0 Å². The van der Waals surface area contributed by atoms with Gasteiger partial charge in [0.25, 0.3) is 0 Å². The molecule has 0 aliphatic heterocycles. The Morgan fingerprint density at radius 3 is 1.89 bits per heavy atom. The molecule has 4 fully saturated rings. The molecular weight excluding hydrogens is 480 g/mol. The van der Waals surface area contributed by atoms with Crippen molar-refractivity contribution in [1.29, 1.82) is 0 Å². The van der Waals surface area contributed by atoms with Crippen molar-refractivity contribution in [1.82, 2.24) is 0 Å². The Morgan fingerprint density at radius 1 is 0.811 bits per heavy atom. The topological polar surface area (TPSA) is 122 Å². The number of rotatable bonds is 4. The minimum absolute atomic E-state index is 0.174. The third-order valence-corrected chi connectivity index (χ3v) is 9.66. The fraction of sp³-hybridized carbons (Fsp3) is 0.750. The minimum Gasteiger partial charge on any atom is -0.462 e. The lowest BCUT2D eigenvalue weighted by molar-refractivity contribution is -0.283. The predicted octanol–water partition coefficient (Wildman–Crippen LogP) is 3.32. The molecule has 0 saturated heterocycles. The normalized spacial score (nSPS) is 41.6. The average Bonchev–Trinajstić information content (AvgIpc) is 2.87. The van der Waals surface area contributed by atoms with Crippen LogP contribution in [0, 0.1) is 34.0 Å². The highest BCUT2D eigenvalue weighted by atomic mass is 16.6. The molecule has 9 nitrogen and oxygen atoms in total. The van der Waals surface area contributed by atoms with E-state index in [0.29, 0.717) is 12.8 Å². The summed E-state index contributed by atoms with van der Waals surface area (Å²) in [6.45, 7) is 15.5. The fourth-order valence-electron chi connectivity index (χ4n) is 8.69. The first kappa shape index (κ1) is 27.3. The first-order chi connectivity index (χ1) is 17.1. The number of ketones is 1. The molecule has 0 heterocycles. The molecule has 6 unspecified atom stereocenters. The first-order valence-electron chi connectivity index (χ1n) is 13.0. The van der Waals surface area contributed by atoms with Gasteiger partial charge in [-0.2, -0.15) is 0 Å². The van der Waals surface area contributed by atoms with Gasteiger partial charge in [0.1, 0.15) is 29.8 Å². The van der Waals surface area contributed by atoms with Gasteiger partial charge >= 0.3 is 23.9 Å². The maximum Gasteiger partial charge on any atom is 0.302 e. The molecule has 0 N–H and O–H groups in total. The van der Waals surface area contributed by atoms with Crippen LogP contribution in [0.15, 0.2) is 12.2 Å². The van der Waals surface area contributed by atoms with Gasteiger partial charge in [-0.05, 0) is 42.6 Å². The van der Waals surface area contributed by atoms with E-state index in [1.54, 1.807) is 0 Å². The quantitative estimate of drug-likeness (QED) is 0.313. The summed E-state index contributed by atoms with van der Waals surface area (Å²) in [6, 6.07) is 0. The number of esters is 4. The van der Waals surface area contributed by atoms with E-state index in [1.807, 2.05) is 6.92 Å². The Bertz CT molecular complexity index is 1060. The molecule has 0 radical (unpaired) electrons. The summed E-state index contributed by atoms with van der Waals surface area (Å²) in [7, 11) is 0. The monoisotopic (exact) mass is 518 g/mol. The molecule has 0 aromatic carbocycles. The number of ether oxygens (including phenoxy) is 4. The molecule has 0 aromatic rings. The van der Waals surface area contributed by atoms with Crippen LogP contribution in [0.5, 0.6) is 0 Å². The zero-order valence-corrected chi connectivity index (χ0v) is 22.8. The molecule has 1 spiro atoms. The molecule has 0 amide bonds. The second-order valence-corrected chi connectivity index (χ2v) is 12.2. The van der Waals surface area contributed by atoms with Crippen LogP contribution in [0.4, 0.5) is 0 Å². The molecule has 4 aliphatic rings. The van der Waals surface area contributed by atoms with E-state index in [9.17, 15) is 24.0 Å². The van der Waals surface area contributed by atoms with Gasteiger partial charge < -0.3 is 18.9 Å². The van der Waals surface area contributed by atoms with Gasteiger partial charge in [0.15, 0.2) is 5.78 Å². The fourth-order valence-corrected chi connectivity index (χ4v) is 8.69. The van der Waals surface area contributed by atoms with E-state index in [1.165, 1.54) is 27.7 Å². The van der Waals surface area contributed by atoms with Crippen molar-refractivity contribution in [2.75, 3.05) is 0 Å². The molecule has 0 aromatic heterocycles. The van der Waals surface area contributed by atoms with Crippen molar-refractivity contribution >= 4 is 29.7 Å². The van der Waals surface area contributed by atoms with Gasteiger partial charge in [0.05, 0.1) is 0 Å². The molecule has 4 rings (SSSR count). The van der Waals surface area contributed by atoms with E-state index in [-0.39, 0.29) is 29.1 Å². The molecule has 2 bridgehead atoms. The van der Waals surface area contributed by atoms with Gasteiger partial charge in [-0.1, -0.05) is 27.4 Å². The second-order valence-electron chi connectivity index (χ2n) is 12.2. The number of hydrogen-bond acceptors (Lipinski definition) is 9. The molecular formula is C28H38O9. The summed E-state index contributed by atoms with van der Waals surface area (Å²) >= 11 is 0. The van der Waals surface area contributed by atoms with Crippen molar-refractivity contribution in [3.63, 3.8) is 0 Å². The summed E-state index contributed by atoms with van der Waals surface area (Å²) < 4.78 is 23.7. The lowest BCUT2D eigenvalue weighted by Gasteiger charge is -2.67. The maximum atomic E-state index is 14.3. The van der Waals surface area contributed by atoms with Crippen molar-refractivity contribution in [3.05, 3.63) is 12.2 Å². The standard InChI is InChI=1S/C28H38O9/c1-13-18-11-19(34-14(2)29)23-27(8)20(26(6,7)10-9-21(27)35-15(3)30)12-22(36-16(4)31)28(23,24(13)33)25(18)37-17(5)32/h18-23,25H,1,9-12H2,2-8H3/t18?,19?,20?,21-,22-,23?,25?,27+,28?/m1/s1. The summed E-state index contributed by atoms with van der Waals surface area (Å²) in [6.07, 6.45) is -1.44. The van der Waals surface area contributed by atoms with Crippen LogP contribution in [-0.2, 0) is 42.9 Å². The smallest absolute Gasteiger partial charge is 0.302 e. The third-order valence-electron chi connectivity index (χ3n) is 9.66. The van der Waals surface area contributed by atoms with Crippen molar-refractivity contribution in [2.24, 2.45) is 34.0 Å². The maximum absolute atomic E-state index is 14.3. The Hall–Kier alpha value is -2.71. The number of carbonyl (C=O) groups is 5. The van der Waals surface area contributed by atoms with E-state index in [2.05, 4.69) is 20.4 Å². The van der Waals surface area contributed by atoms with E-state index in [0.717, 1.165) is 6.42 Å². The number of fused-ring (bicyclic) bond motifs is 3. The van der Waals surface area contributed by atoms with Crippen LogP contribution in [-0.4, -0.2) is 54.1 Å². The lowest BCUT2D eigenvalue weighted by Crippen LogP contribution is -2.74. The summed E-state index contributed by atoms with van der Waals surface area (Å²) in [5.41, 5.74) is -2.41. The highest BCUT2D eigenvalue weighted by Gasteiger charge is 2.80. The molecule has 9 atom stereocenters. The van der Waals surface area contributed by atoms with Crippen LogP contribution in [0.3, 0.4) is 0 Å². The summed E-state index contributed by atoms with van der Waals surface area (Å²) in [5.74, 6) is -3.98. The van der Waals surface area contributed by atoms with Crippen molar-refractivity contribution in [2.45, 2.75) is 98.6 Å². The van der Waals surface area contributed by atoms with Crippen LogP contribution in [0.25, 0.3) is 0 Å². The number of Topliss-reactive ketones (excluding diaryl/α,β-unsaturated/α-hetero) is 1. The molecule has 37 heavy (non-hydrogen) atoms. The van der Waals surface area contributed by atoms with Gasteiger partial charge in [0.2, 0.25) is 0 Å². The minimum atomic E-state index is -1.53. The number of hydrogen-bond donors (Lipinski definition) is 0. The van der Waals surface area contributed by atoms with Gasteiger partial charge in [-0.15, -0.1) is 0 Å². The molecule has 9 heteroatoms. The van der Waals surface area contributed by atoms with Gasteiger partial charge in [-0.25, -0.2) is 0 Å². The van der Waals surface area contributed by atoms with Crippen LogP contribution < -0.4 is 0 Å². The van der Waals surface area contributed by atoms with Crippen molar-refractivity contribution < 1.29 is 42.9 Å². The summed E-state index contributed by atoms with van der Waals surface area (Å²) in [5, 5.41) is 0. The predicted molar refractivity (Wildman–Crippen MR) is 130 cm³/mol. The highest BCUT2D eigenvalue weighted by molar-refractivity contribution is 6.05. The first-order valence-corrected chi connectivity index (χ1v) is 13.0. The third kappa shape index (κ3) is 3.91. The zero-order chi connectivity index (χ0) is 27.7. The molecule has 4 saturated carbocycles. The Kier molecular flexibility index (Phi) is 6.61. The van der Waals surface area contributed by atoms with Crippen LogP contribution in [0.1, 0.15) is 74.1 Å². The van der Waals surface area contributed by atoms with Crippen LogP contribution >= 0.6 is 0 Å². The van der Waals surface area contributed by atoms with E-state index < -0.39 is 71.0 Å². The molecule has 204 valence electrons. The summed E-state index contributed by atoms with van der Waals surface area (Å²) in [4.78, 5) is 63.8. The highest BCUT2D eigenvalue weighted by Crippen LogP contribution is 2.72. The lowest BCUT2D eigenvalue weighted by atomic mass is 9.38. The second kappa shape index (κ2) is 8.95.